The molecule has 7 nitrogen and oxygen atoms in total. The molecule has 0 aliphatic heterocycles. The molecule has 0 aliphatic carbocycles. The average molecular weight is 441 g/mol. The minimum absolute atomic E-state index is 0.199. The molecule has 8 heteroatoms. The SMILES string of the molecule is C#Cc1cccc(NC(=O)CN(C)C(=O)c2cnn(-c3ccccc3F)c2-n2cccc2)c1. The van der Waals surface area contributed by atoms with Gasteiger partial charge in [0.25, 0.3) is 5.91 Å². The minimum Gasteiger partial charge on any atom is -0.332 e. The Labute approximate surface area is 190 Å². The molecular weight excluding hydrogens is 421 g/mol. The molecule has 0 atom stereocenters. The van der Waals surface area contributed by atoms with Crippen LogP contribution in [0.1, 0.15) is 15.9 Å². The van der Waals surface area contributed by atoms with Crippen LogP contribution in [0.25, 0.3) is 11.5 Å². The molecule has 0 unspecified atom stereocenters. The molecule has 0 saturated heterocycles. The van der Waals surface area contributed by atoms with Crippen LogP contribution in [0.4, 0.5) is 10.1 Å². The highest BCUT2D eigenvalue weighted by Gasteiger charge is 2.24. The number of halogens is 1. The molecule has 33 heavy (non-hydrogen) atoms. The van der Waals surface area contributed by atoms with Gasteiger partial charge in [-0.25, -0.2) is 9.07 Å². The van der Waals surface area contributed by atoms with Crippen molar-refractivity contribution in [3.63, 3.8) is 0 Å². The summed E-state index contributed by atoms with van der Waals surface area (Å²) in [5.41, 5.74) is 1.60. The van der Waals surface area contributed by atoms with Crippen molar-refractivity contribution in [3.05, 3.63) is 96.2 Å². The van der Waals surface area contributed by atoms with Crippen molar-refractivity contribution in [2.75, 3.05) is 18.9 Å². The number of likely N-dealkylation sites (N-methyl/N-ethyl adjacent to an activating group) is 1. The van der Waals surface area contributed by atoms with E-state index in [0.29, 0.717) is 17.1 Å². The molecule has 4 aromatic rings. The Kier molecular flexibility index (Phi) is 6.04. The van der Waals surface area contributed by atoms with Crippen molar-refractivity contribution in [1.82, 2.24) is 19.2 Å². The quantitative estimate of drug-likeness (QED) is 0.466. The summed E-state index contributed by atoms with van der Waals surface area (Å²) in [6, 6.07) is 16.6. The van der Waals surface area contributed by atoms with Crippen LogP contribution in [-0.4, -0.2) is 44.7 Å². The van der Waals surface area contributed by atoms with Crippen molar-refractivity contribution >= 4 is 17.5 Å². The largest absolute Gasteiger partial charge is 0.332 e. The van der Waals surface area contributed by atoms with Crippen LogP contribution in [-0.2, 0) is 4.79 Å². The number of carbonyl (C=O) groups excluding carboxylic acids is 2. The van der Waals surface area contributed by atoms with Crippen LogP contribution in [0.15, 0.2) is 79.3 Å². The molecule has 0 aliphatic rings. The molecule has 0 saturated carbocycles. The fraction of sp³-hybridized carbons (Fsp3) is 0.0800. The highest BCUT2D eigenvalue weighted by Crippen LogP contribution is 2.22. The lowest BCUT2D eigenvalue weighted by Gasteiger charge is -2.18. The number of carbonyl (C=O) groups is 2. The fourth-order valence-electron chi connectivity index (χ4n) is 3.40. The molecular formula is C25H20FN5O2. The maximum atomic E-state index is 14.5. The second-order valence-electron chi connectivity index (χ2n) is 7.27. The fourth-order valence-corrected chi connectivity index (χ4v) is 3.40. The second-order valence-corrected chi connectivity index (χ2v) is 7.27. The molecule has 0 bridgehead atoms. The van der Waals surface area contributed by atoms with Gasteiger partial charge < -0.3 is 14.8 Å². The van der Waals surface area contributed by atoms with E-state index in [9.17, 15) is 14.0 Å². The van der Waals surface area contributed by atoms with E-state index in [4.69, 9.17) is 6.42 Å². The summed E-state index contributed by atoms with van der Waals surface area (Å²) < 4.78 is 17.5. The number of aromatic nitrogens is 3. The van der Waals surface area contributed by atoms with Crippen molar-refractivity contribution < 1.29 is 14.0 Å². The first kappa shape index (κ1) is 21.6. The molecule has 164 valence electrons. The molecule has 0 spiro atoms. The van der Waals surface area contributed by atoms with Gasteiger partial charge in [0, 0.05) is 30.7 Å². The molecule has 0 radical (unpaired) electrons. The van der Waals surface area contributed by atoms with E-state index in [1.54, 1.807) is 71.6 Å². The van der Waals surface area contributed by atoms with E-state index >= 15 is 0 Å². The molecule has 1 N–H and O–H groups in total. The Morgan fingerprint density at radius 1 is 1.12 bits per heavy atom. The summed E-state index contributed by atoms with van der Waals surface area (Å²) in [4.78, 5) is 27.0. The number of nitrogens with one attached hydrogen (secondary N) is 1. The van der Waals surface area contributed by atoms with Gasteiger partial charge in [0.1, 0.15) is 17.1 Å². The number of rotatable bonds is 6. The van der Waals surface area contributed by atoms with E-state index in [-0.39, 0.29) is 23.7 Å². The smallest absolute Gasteiger partial charge is 0.259 e. The number of hydrogen-bond acceptors (Lipinski definition) is 3. The van der Waals surface area contributed by atoms with Crippen molar-refractivity contribution in [3.8, 4) is 23.8 Å². The van der Waals surface area contributed by atoms with Gasteiger partial charge in [0.05, 0.1) is 12.7 Å². The van der Waals surface area contributed by atoms with Gasteiger partial charge in [0.15, 0.2) is 5.82 Å². The summed E-state index contributed by atoms with van der Waals surface area (Å²) in [5.74, 6) is 1.57. The third kappa shape index (κ3) is 4.52. The zero-order valence-corrected chi connectivity index (χ0v) is 17.8. The first-order chi connectivity index (χ1) is 16.0. The Balaban J connectivity index is 1.59. The van der Waals surface area contributed by atoms with E-state index in [0.717, 1.165) is 0 Å². The summed E-state index contributed by atoms with van der Waals surface area (Å²) in [6.45, 7) is -0.199. The van der Waals surface area contributed by atoms with Crippen LogP contribution in [0.2, 0.25) is 0 Å². The van der Waals surface area contributed by atoms with Crippen molar-refractivity contribution in [2.24, 2.45) is 0 Å². The number of anilines is 1. The first-order valence-electron chi connectivity index (χ1n) is 10.1. The summed E-state index contributed by atoms with van der Waals surface area (Å²) in [6.07, 6.45) is 10.2. The number of terminal acetylenes is 1. The second kappa shape index (κ2) is 9.24. The number of para-hydroxylation sites is 1. The number of nitrogens with zero attached hydrogens (tertiary/aromatic N) is 4. The molecule has 2 amide bonds. The van der Waals surface area contributed by atoms with Gasteiger partial charge in [-0.05, 0) is 42.5 Å². The number of hydrogen-bond donors (Lipinski definition) is 1. The molecule has 2 aromatic carbocycles. The van der Waals surface area contributed by atoms with Crippen molar-refractivity contribution in [1.29, 1.82) is 0 Å². The monoisotopic (exact) mass is 441 g/mol. The van der Waals surface area contributed by atoms with E-state index < -0.39 is 11.7 Å². The molecule has 0 fully saturated rings. The van der Waals surface area contributed by atoms with Gasteiger partial charge in [-0.1, -0.05) is 24.1 Å². The summed E-state index contributed by atoms with van der Waals surface area (Å²) >= 11 is 0. The van der Waals surface area contributed by atoms with Crippen LogP contribution in [0, 0.1) is 18.2 Å². The Bertz CT molecular complexity index is 1350. The van der Waals surface area contributed by atoms with Crippen LogP contribution >= 0.6 is 0 Å². The highest BCUT2D eigenvalue weighted by molar-refractivity contribution is 6.01. The average Bonchev–Trinajstić information content (AvgIpc) is 3.48. The molecule has 4 rings (SSSR count). The van der Waals surface area contributed by atoms with Crippen LogP contribution in [0.5, 0.6) is 0 Å². The predicted molar refractivity (Wildman–Crippen MR) is 123 cm³/mol. The maximum Gasteiger partial charge on any atom is 0.259 e. The standard InChI is InChI=1S/C25H20FN5O2/c1-3-18-9-8-10-19(15-18)28-23(32)17-29(2)25(33)20-16-27-31(22-12-5-4-11-21(22)26)24(20)30-13-6-7-14-30/h1,4-16H,17H2,2H3,(H,28,32). The third-order valence-corrected chi connectivity index (χ3v) is 4.94. The van der Waals surface area contributed by atoms with Gasteiger partial charge >= 0.3 is 0 Å². The first-order valence-corrected chi connectivity index (χ1v) is 10.1. The van der Waals surface area contributed by atoms with Gasteiger partial charge in [-0.2, -0.15) is 5.10 Å². The van der Waals surface area contributed by atoms with Crippen LogP contribution in [0.3, 0.4) is 0 Å². The molecule has 2 aromatic heterocycles. The lowest BCUT2D eigenvalue weighted by atomic mass is 10.2. The topological polar surface area (TPSA) is 72.2 Å². The van der Waals surface area contributed by atoms with Gasteiger partial charge in [-0.15, -0.1) is 6.42 Å². The van der Waals surface area contributed by atoms with Gasteiger partial charge in [-0.3, -0.25) is 9.59 Å². The van der Waals surface area contributed by atoms with Gasteiger partial charge in [0.2, 0.25) is 5.91 Å². The zero-order valence-electron chi connectivity index (χ0n) is 17.8. The van der Waals surface area contributed by atoms with Crippen molar-refractivity contribution in [2.45, 2.75) is 0 Å². The lowest BCUT2D eigenvalue weighted by molar-refractivity contribution is -0.116. The maximum absolute atomic E-state index is 14.5. The predicted octanol–water partition coefficient (Wildman–Crippen LogP) is 3.49. The number of amides is 2. The third-order valence-electron chi connectivity index (χ3n) is 4.94. The normalized spacial score (nSPS) is 10.5. The zero-order chi connectivity index (χ0) is 23.4. The minimum atomic E-state index is -0.477. The highest BCUT2D eigenvalue weighted by atomic mass is 19.1. The van der Waals surface area contributed by atoms with E-state index in [1.165, 1.54) is 28.9 Å². The van der Waals surface area contributed by atoms with E-state index in [2.05, 4.69) is 16.3 Å². The number of benzene rings is 2. The Hall–Kier alpha value is -4.64. The van der Waals surface area contributed by atoms with Crippen LogP contribution < -0.4 is 5.32 Å². The lowest BCUT2D eigenvalue weighted by Crippen LogP contribution is -2.35. The summed E-state index contributed by atoms with van der Waals surface area (Å²) in [7, 11) is 1.51. The Morgan fingerprint density at radius 3 is 2.61 bits per heavy atom. The van der Waals surface area contributed by atoms with E-state index in [1.807, 2.05) is 0 Å². The summed E-state index contributed by atoms with van der Waals surface area (Å²) in [5, 5.41) is 6.99. The molecule has 2 heterocycles. The Morgan fingerprint density at radius 2 is 1.88 bits per heavy atom.